The van der Waals surface area contributed by atoms with Gasteiger partial charge in [0, 0.05) is 28.1 Å². The van der Waals surface area contributed by atoms with Crippen molar-refractivity contribution in [2.75, 3.05) is 0 Å². The Hall–Kier alpha value is -4.98. The quantitative estimate of drug-likeness (QED) is 0.213. The van der Waals surface area contributed by atoms with Gasteiger partial charge in [-0.15, -0.1) is 11.3 Å². The number of thiophene rings is 1. The summed E-state index contributed by atoms with van der Waals surface area (Å²) in [6.45, 7) is 0. The van der Waals surface area contributed by atoms with E-state index in [0.717, 1.165) is 49.6 Å². The molecular formula is C24H18N6O7S. The van der Waals surface area contributed by atoms with Gasteiger partial charge in [0.2, 0.25) is 0 Å². The van der Waals surface area contributed by atoms with Gasteiger partial charge < -0.3 is 5.11 Å². The third-order valence-electron chi connectivity index (χ3n) is 6.13. The fraction of sp³-hybridized carbons (Fsp3) is 0.167. The molecule has 4 aromatic rings. The number of nitro benzene ring substituents is 2. The number of aromatic nitrogens is 2. The van der Waals surface area contributed by atoms with Gasteiger partial charge in [-0.25, -0.2) is 10.4 Å². The molecule has 0 saturated carbocycles. The van der Waals surface area contributed by atoms with Crippen LogP contribution in [0.2, 0.25) is 0 Å². The molecule has 2 heterocycles. The van der Waals surface area contributed by atoms with Crippen molar-refractivity contribution in [1.82, 2.24) is 15.0 Å². The molecule has 0 radical (unpaired) electrons. The zero-order valence-corrected chi connectivity index (χ0v) is 20.3. The predicted octanol–water partition coefficient (Wildman–Crippen LogP) is 3.61. The average Bonchev–Trinajstić information content (AvgIpc) is 3.29. The van der Waals surface area contributed by atoms with Crippen molar-refractivity contribution in [3.05, 3.63) is 94.9 Å². The van der Waals surface area contributed by atoms with Crippen LogP contribution in [0.5, 0.6) is 5.75 Å². The van der Waals surface area contributed by atoms with Crippen molar-refractivity contribution in [2.24, 2.45) is 5.10 Å². The standard InChI is InChI=1S/C24H18N6O7S/c31-21-17(29(34)35)8-13(9-18(21)30(36)37)11-26-27-22(32)14-4-3-5-15(10-14)28-12-25-23-20(24(28)33)16-6-1-2-7-19(16)38-23/h3-5,8-12,31H,1-2,6-7H2,(H,27,32)/b26-11+. The second-order valence-electron chi connectivity index (χ2n) is 8.48. The number of nitrogens with one attached hydrogen (secondary N) is 1. The number of nitrogens with zero attached hydrogens (tertiary/aromatic N) is 5. The highest BCUT2D eigenvalue weighted by Crippen LogP contribution is 2.36. The summed E-state index contributed by atoms with van der Waals surface area (Å²) in [6.07, 6.45) is 6.30. The Morgan fingerprint density at radius 3 is 2.55 bits per heavy atom. The molecule has 5 rings (SSSR count). The smallest absolute Gasteiger partial charge is 0.318 e. The van der Waals surface area contributed by atoms with Crippen LogP contribution in [0.15, 0.2) is 52.6 Å². The summed E-state index contributed by atoms with van der Waals surface area (Å²) in [6, 6.07) is 8.04. The van der Waals surface area contributed by atoms with E-state index in [4.69, 9.17) is 0 Å². The van der Waals surface area contributed by atoms with Crippen molar-refractivity contribution in [2.45, 2.75) is 25.7 Å². The first kappa shape index (κ1) is 24.7. The minimum atomic E-state index is -1.08. The number of benzene rings is 2. The van der Waals surface area contributed by atoms with E-state index in [-0.39, 0.29) is 16.7 Å². The van der Waals surface area contributed by atoms with E-state index in [9.17, 15) is 34.9 Å². The second kappa shape index (κ2) is 9.82. The van der Waals surface area contributed by atoms with Crippen LogP contribution >= 0.6 is 11.3 Å². The molecule has 2 N–H and O–H groups in total. The number of hydrogen-bond donors (Lipinski definition) is 2. The molecule has 0 spiro atoms. The first-order chi connectivity index (χ1) is 18.2. The molecular weight excluding hydrogens is 516 g/mol. The number of fused-ring (bicyclic) bond motifs is 3. The monoisotopic (exact) mass is 534 g/mol. The number of phenolic OH excluding ortho intramolecular Hbond substituents is 1. The van der Waals surface area contributed by atoms with Gasteiger partial charge in [-0.05, 0) is 49.4 Å². The van der Waals surface area contributed by atoms with Crippen LogP contribution in [-0.4, -0.2) is 36.6 Å². The van der Waals surface area contributed by atoms with E-state index < -0.39 is 32.9 Å². The molecule has 2 aromatic carbocycles. The highest BCUT2D eigenvalue weighted by molar-refractivity contribution is 7.18. The molecule has 0 bridgehead atoms. The van der Waals surface area contributed by atoms with Gasteiger partial charge in [-0.1, -0.05) is 6.07 Å². The lowest BCUT2D eigenvalue weighted by Gasteiger charge is -2.11. The van der Waals surface area contributed by atoms with Gasteiger partial charge in [-0.2, -0.15) is 5.10 Å². The lowest BCUT2D eigenvalue weighted by atomic mass is 9.97. The Balaban J connectivity index is 1.40. The summed E-state index contributed by atoms with van der Waals surface area (Å²) in [5.41, 5.74) is 1.87. The van der Waals surface area contributed by atoms with E-state index in [1.165, 1.54) is 27.9 Å². The molecule has 13 nitrogen and oxygen atoms in total. The second-order valence-corrected chi connectivity index (χ2v) is 9.57. The molecule has 14 heteroatoms. The third-order valence-corrected chi connectivity index (χ3v) is 7.33. The molecule has 38 heavy (non-hydrogen) atoms. The molecule has 1 aliphatic carbocycles. The topological polar surface area (TPSA) is 183 Å². The zero-order valence-electron chi connectivity index (χ0n) is 19.5. The van der Waals surface area contributed by atoms with E-state index in [1.54, 1.807) is 23.5 Å². The number of aromatic hydroxyl groups is 1. The first-order valence-electron chi connectivity index (χ1n) is 11.4. The number of nitro groups is 2. The van der Waals surface area contributed by atoms with E-state index in [0.29, 0.717) is 15.9 Å². The van der Waals surface area contributed by atoms with Crippen LogP contribution < -0.4 is 11.0 Å². The van der Waals surface area contributed by atoms with Gasteiger partial charge in [0.1, 0.15) is 11.2 Å². The molecule has 0 saturated heterocycles. The number of carbonyl (C=O) groups is 1. The van der Waals surface area contributed by atoms with Crippen LogP contribution in [0.4, 0.5) is 11.4 Å². The van der Waals surface area contributed by atoms with Crippen LogP contribution in [0, 0.1) is 20.2 Å². The number of hydrogen-bond acceptors (Lipinski definition) is 10. The van der Waals surface area contributed by atoms with Gasteiger partial charge in [0.05, 0.1) is 27.1 Å². The average molecular weight is 535 g/mol. The van der Waals surface area contributed by atoms with Gasteiger partial charge in [0.25, 0.3) is 17.2 Å². The molecule has 1 aliphatic rings. The largest absolute Gasteiger partial charge is 0.497 e. The molecule has 1 amide bonds. The van der Waals surface area contributed by atoms with Crippen LogP contribution in [0.3, 0.4) is 0 Å². The Morgan fingerprint density at radius 1 is 1.13 bits per heavy atom. The number of amides is 1. The Labute approximate surface area is 217 Å². The summed E-state index contributed by atoms with van der Waals surface area (Å²) in [4.78, 5) is 52.7. The van der Waals surface area contributed by atoms with E-state index >= 15 is 0 Å². The summed E-state index contributed by atoms with van der Waals surface area (Å²) < 4.78 is 1.39. The highest BCUT2D eigenvalue weighted by atomic mass is 32.1. The number of phenols is 1. The maximum absolute atomic E-state index is 13.3. The van der Waals surface area contributed by atoms with Gasteiger partial charge in [0.15, 0.2) is 0 Å². The molecule has 0 unspecified atom stereocenters. The van der Waals surface area contributed by atoms with Crippen LogP contribution in [-0.2, 0) is 12.8 Å². The third kappa shape index (κ3) is 4.48. The van der Waals surface area contributed by atoms with Crippen LogP contribution in [0.1, 0.15) is 39.2 Å². The van der Waals surface area contributed by atoms with Crippen molar-refractivity contribution in [3.63, 3.8) is 0 Å². The lowest BCUT2D eigenvalue weighted by molar-refractivity contribution is -0.396. The summed E-state index contributed by atoms with van der Waals surface area (Å²) in [7, 11) is 0. The number of aryl methyl sites for hydroxylation is 2. The highest BCUT2D eigenvalue weighted by Gasteiger charge is 2.26. The number of rotatable bonds is 6. The summed E-state index contributed by atoms with van der Waals surface area (Å²) in [5, 5.41) is 36.3. The fourth-order valence-corrected chi connectivity index (χ4v) is 5.55. The Kier molecular flexibility index (Phi) is 6.38. The minimum Gasteiger partial charge on any atom is -0.497 e. The van der Waals surface area contributed by atoms with Gasteiger partial charge >= 0.3 is 11.4 Å². The van der Waals surface area contributed by atoms with Crippen molar-refractivity contribution in [3.8, 4) is 11.4 Å². The van der Waals surface area contributed by atoms with Crippen molar-refractivity contribution >= 4 is 45.0 Å². The summed E-state index contributed by atoms with van der Waals surface area (Å²) in [5.74, 6) is -1.73. The fourth-order valence-electron chi connectivity index (χ4n) is 4.34. The van der Waals surface area contributed by atoms with Crippen molar-refractivity contribution in [1.29, 1.82) is 0 Å². The maximum Gasteiger partial charge on any atom is 0.318 e. The SMILES string of the molecule is O=C(N/N=C/c1cc([N+](=O)[O-])c(O)c([N+](=O)[O-])c1)c1cccc(-n2cnc3sc4c(c3c2=O)CCCC4)c1. The molecule has 192 valence electrons. The predicted molar refractivity (Wildman–Crippen MR) is 138 cm³/mol. The first-order valence-corrected chi connectivity index (χ1v) is 12.2. The molecule has 0 fully saturated rings. The number of hydrazone groups is 1. The molecule has 0 aliphatic heterocycles. The molecule has 2 aromatic heterocycles. The zero-order chi connectivity index (χ0) is 27.0. The normalized spacial score (nSPS) is 12.9. The van der Waals surface area contributed by atoms with Crippen LogP contribution in [0.25, 0.3) is 15.9 Å². The van der Waals surface area contributed by atoms with E-state index in [1.807, 2.05) is 0 Å². The summed E-state index contributed by atoms with van der Waals surface area (Å²) >= 11 is 1.55. The van der Waals surface area contributed by atoms with E-state index in [2.05, 4.69) is 15.5 Å². The minimum absolute atomic E-state index is 0.0831. The lowest BCUT2D eigenvalue weighted by Crippen LogP contribution is -2.21. The maximum atomic E-state index is 13.3. The molecule has 0 atom stereocenters. The Morgan fingerprint density at radius 2 is 1.84 bits per heavy atom. The Bertz CT molecular complexity index is 1690. The van der Waals surface area contributed by atoms with Crippen molar-refractivity contribution < 1.29 is 19.7 Å². The van der Waals surface area contributed by atoms with Gasteiger partial charge in [-0.3, -0.25) is 34.4 Å². The number of carbonyl (C=O) groups excluding carboxylic acids is 1.